The van der Waals surface area contributed by atoms with E-state index in [0.717, 1.165) is 23.5 Å². The summed E-state index contributed by atoms with van der Waals surface area (Å²) in [6.45, 7) is -1.10. The van der Waals surface area contributed by atoms with Gasteiger partial charge in [0.2, 0.25) is 0 Å². The van der Waals surface area contributed by atoms with Gasteiger partial charge in [0.1, 0.15) is 4.21 Å². The second-order valence-electron chi connectivity index (χ2n) is 7.85. The molecule has 0 saturated carbocycles. The van der Waals surface area contributed by atoms with Crippen LogP contribution in [0.5, 0.6) is 0 Å². The smallest absolute Gasteiger partial charge is 0.298 e. The topological polar surface area (TPSA) is 67.3 Å². The fourth-order valence-corrected chi connectivity index (χ4v) is 7.71. The maximum atomic E-state index is 14.2. The van der Waals surface area contributed by atoms with Gasteiger partial charge in [-0.1, -0.05) is 23.7 Å². The second kappa shape index (κ2) is 9.51. The van der Waals surface area contributed by atoms with Crippen molar-refractivity contribution in [2.45, 2.75) is 41.6 Å². The summed E-state index contributed by atoms with van der Waals surface area (Å²) in [6.07, 6.45) is -5.53. The lowest BCUT2D eigenvalue weighted by atomic mass is 10.1. The molecule has 1 fully saturated rings. The molecule has 0 N–H and O–H groups in total. The van der Waals surface area contributed by atoms with Gasteiger partial charge in [-0.2, -0.15) is 17.5 Å². The number of nitrogens with zero attached hydrogens (tertiary/aromatic N) is 2. The summed E-state index contributed by atoms with van der Waals surface area (Å²) >= 11 is 7.67. The van der Waals surface area contributed by atoms with Gasteiger partial charge in [0.15, 0.2) is 5.78 Å². The second-order valence-corrected chi connectivity index (χ2v) is 12.6. The molecule has 0 amide bonds. The first-order chi connectivity index (χ1) is 16.3. The molecule has 188 valence electrons. The molecule has 1 aromatic carbocycles. The van der Waals surface area contributed by atoms with Crippen LogP contribution in [-0.4, -0.2) is 42.0 Å². The van der Waals surface area contributed by atoms with Crippen LogP contribution < -0.4 is 0 Å². The lowest BCUT2D eigenvalue weighted by molar-refractivity contribution is -0.137. The number of thiophene rings is 1. The molecule has 14 heteroatoms. The molecule has 5 nitrogen and oxygen atoms in total. The van der Waals surface area contributed by atoms with Crippen LogP contribution in [-0.2, 0) is 27.4 Å². The van der Waals surface area contributed by atoms with E-state index >= 15 is 0 Å². The predicted molar refractivity (Wildman–Crippen MR) is 122 cm³/mol. The van der Waals surface area contributed by atoms with Crippen LogP contribution in [0.15, 0.2) is 46.0 Å². The van der Waals surface area contributed by atoms with Gasteiger partial charge >= 0.3 is 6.18 Å². The van der Waals surface area contributed by atoms with Gasteiger partial charge in [0.25, 0.3) is 15.9 Å². The molecule has 1 atom stereocenters. The highest BCUT2D eigenvalue weighted by Crippen LogP contribution is 2.39. The summed E-state index contributed by atoms with van der Waals surface area (Å²) in [7, 11) is -4.34. The number of Topliss-reactive ketones (excluding diaryl/α,β-unsaturated/α-hetero) is 1. The van der Waals surface area contributed by atoms with Crippen molar-refractivity contribution in [3.8, 4) is 11.3 Å². The molecule has 3 heterocycles. The van der Waals surface area contributed by atoms with E-state index in [1.807, 2.05) is 0 Å². The predicted octanol–water partition coefficient (Wildman–Crippen LogP) is 6.14. The van der Waals surface area contributed by atoms with E-state index in [4.69, 9.17) is 11.6 Å². The molecule has 0 aliphatic carbocycles. The van der Waals surface area contributed by atoms with E-state index in [-0.39, 0.29) is 21.4 Å². The summed E-state index contributed by atoms with van der Waals surface area (Å²) in [5.74, 6) is -4.02. The molecule has 1 aliphatic heterocycles. The average Bonchev–Trinajstić information content (AvgIpc) is 3.50. The number of ketones is 1. The Balaban J connectivity index is 1.45. The lowest BCUT2D eigenvalue weighted by Crippen LogP contribution is -2.40. The summed E-state index contributed by atoms with van der Waals surface area (Å²) in [6, 6.07) is 5.46. The molecule has 1 aliphatic rings. The SMILES string of the molecule is O=C(CCc1nc(-c2ccc(C(F)(F)F)cc2)cs1)[C@@H]1CC(F)(F)CN1S(=O)(=O)c1ccc(Cl)s1. The van der Waals surface area contributed by atoms with Crippen molar-refractivity contribution in [2.75, 3.05) is 6.54 Å². The van der Waals surface area contributed by atoms with E-state index < -0.39 is 52.5 Å². The molecule has 35 heavy (non-hydrogen) atoms. The van der Waals surface area contributed by atoms with Gasteiger partial charge in [-0.15, -0.1) is 22.7 Å². The van der Waals surface area contributed by atoms with E-state index in [2.05, 4.69) is 4.98 Å². The first kappa shape index (κ1) is 26.1. The number of rotatable bonds is 7. The normalized spacial score (nSPS) is 18.7. The minimum Gasteiger partial charge on any atom is -0.298 e. The average molecular weight is 571 g/mol. The first-order valence-corrected chi connectivity index (χ1v) is 13.6. The molecule has 0 bridgehead atoms. The molecular formula is C21H16ClF5N2O3S3. The molecule has 4 rings (SSSR count). The monoisotopic (exact) mass is 570 g/mol. The Morgan fingerprint density at radius 2 is 1.86 bits per heavy atom. The Hall–Kier alpha value is -1.93. The quantitative estimate of drug-likeness (QED) is 0.320. The van der Waals surface area contributed by atoms with Crippen LogP contribution in [0.1, 0.15) is 23.4 Å². The number of sulfonamides is 1. The van der Waals surface area contributed by atoms with Gasteiger partial charge in [-0.25, -0.2) is 22.2 Å². The van der Waals surface area contributed by atoms with E-state index in [0.29, 0.717) is 20.6 Å². The molecule has 0 radical (unpaired) electrons. The number of alkyl halides is 5. The Labute approximate surface area is 210 Å². The van der Waals surface area contributed by atoms with Crippen molar-refractivity contribution in [1.29, 1.82) is 0 Å². The minimum absolute atomic E-state index is 0.0743. The standard InChI is InChI=1S/C21H16ClF5N2O3S3/c22-17-6-8-19(34-17)35(31,32)29-11-20(23,24)9-15(29)16(30)5-7-18-28-14(10-33-18)12-1-3-13(4-2-12)21(25,26)27/h1-4,6,8,10,15H,5,7,9,11H2/t15-/m0/s1. The fraction of sp³-hybridized carbons (Fsp3) is 0.333. The number of carbonyl (C=O) groups excluding carboxylic acids is 1. The molecule has 3 aromatic rings. The summed E-state index contributed by atoms with van der Waals surface area (Å²) in [5, 5.41) is 2.08. The Morgan fingerprint density at radius 1 is 1.17 bits per heavy atom. The van der Waals surface area contributed by atoms with Crippen LogP contribution in [0.25, 0.3) is 11.3 Å². The maximum absolute atomic E-state index is 14.2. The highest BCUT2D eigenvalue weighted by Gasteiger charge is 2.52. The third kappa shape index (κ3) is 5.74. The van der Waals surface area contributed by atoms with Gasteiger partial charge in [-0.05, 0) is 24.3 Å². The number of benzene rings is 1. The summed E-state index contributed by atoms with van der Waals surface area (Å²) in [4.78, 5) is 17.1. The number of aryl methyl sites for hydroxylation is 1. The molecular weight excluding hydrogens is 555 g/mol. The fourth-order valence-electron chi connectivity index (χ4n) is 3.65. The van der Waals surface area contributed by atoms with Gasteiger partial charge in [0, 0.05) is 30.2 Å². The molecule has 1 saturated heterocycles. The maximum Gasteiger partial charge on any atom is 0.416 e. The Morgan fingerprint density at radius 3 is 2.46 bits per heavy atom. The number of hydrogen-bond acceptors (Lipinski definition) is 6. The zero-order valence-electron chi connectivity index (χ0n) is 17.6. The Bertz CT molecular complexity index is 1340. The van der Waals surface area contributed by atoms with Gasteiger partial charge in [0.05, 0.1) is 33.2 Å². The number of carbonyl (C=O) groups is 1. The number of hydrogen-bond donors (Lipinski definition) is 0. The number of halogens is 6. The van der Waals surface area contributed by atoms with Crippen molar-refractivity contribution in [3.63, 3.8) is 0 Å². The van der Waals surface area contributed by atoms with E-state index in [1.54, 1.807) is 5.38 Å². The van der Waals surface area contributed by atoms with Crippen LogP contribution in [0.4, 0.5) is 22.0 Å². The van der Waals surface area contributed by atoms with E-state index in [1.165, 1.54) is 35.6 Å². The highest BCUT2D eigenvalue weighted by molar-refractivity contribution is 7.91. The lowest BCUT2D eigenvalue weighted by Gasteiger charge is -2.21. The zero-order valence-corrected chi connectivity index (χ0v) is 20.8. The molecule has 0 unspecified atom stereocenters. The van der Waals surface area contributed by atoms with Crippen molar-refractivity contribution >= 4 is 50.1 Å². The van der Waals surface area contributed by atoms with E-state index in [9.17, 15) is 35.2 Å². The minimum atomic E-state index is -4.46. The highest BCUT2D eigenvalue weighted by atomic mass is 35.5. The van der Waals surface area contributed by atoms with Crippen LogP contribution in [0.2, 0.25) is 4.34 Å². The van der Waals surface area contributed by atoms with Crippen LogP contribution in [0, 0.1) is 0 Å². The van der Waals surface area contributed by atoms with Crippen LogP contribution in [0.3, 0.4) is 0 Å². The third-order valence-electron chi connectivity index (χ3n) is 5.35. The van der Waals surface area contributed by atoms with Crippen molar-refractivity contribution in [2.24, 2.45) is 0 Å². The largest absolute Gasteiger partial charge is 0.416 e. The first-order valence-electron chi connectivity index (χ1n) is 10.1. The number of thiazole rings is 1. The van der Waals surface area contributed by atoms with Gasteiger partial charge < -0.3 is 0 Å². The third-order valence-corrected chi connectivity index (χ3v) is 9.82. The molecule has 2 aromatic heterocycles. The molecule has 0 spiro atoms. The Kier molecular flexibility index (Phi) is 7.10. The van der Waals surface area contributed by atoms with Crippen molar-refractivity contribution in [1.82, 2.24) is 9.29 Å². The number of aromatic nitrogens is 1. The van der Waals surface area contributed by atoms with Crippen molar-refractivity contribution < 1.29 is 35.2 Å². The summed E-state index contributed by atoms with van der Waals surface area (Å²) < 4.78 is 92.8. The zero-order chi connectivity index (χ0) is 25.6. The van der Waals surface area contributed by atoms with Crippen molar-refractivity contribution in [3.05, 3.63) is 56.7 Å². The summed E-state index contributed by atoms with van der Waals surface area (Å²) in [5.41, 5.74) is 0.0754. The van der Waals surface area contributed by atoms with Gasteiger partial charge in [-0.3, -0.25) is 4.79 Å². The van der Waals surface area contributed by atoms with Crippen LogP contribution >= 0.6 is 34.3 Å².